The lowest BCUT2D eigenvalue weighted by atomic mass is 10.1. The predicted molar refractivity (Wildman–Crippen MR) is 135 cm³/mol. The third-order valence-electron chi connectivity index (χ3n) is 6.01. The lowest BCUT2D eigenvalue weighted by Crippen LogP contribution is -2.41. The van der Waals surface area contributed by atoms with Crippen molar-refractivity contribution in [3.8, 4) is 22.9 Å². The molecule has 0 aliphatic rings. The van der Waals surface area contributed by atoms with Gasteiger partial charge in [0.05, 0.1) is 40.3 Å². The summed E-state index contributed by atoms with van der Waals surface area (Å²) in [5.74, 6) is 0.0153. The Morgan fingerprint density at radius 3 is 2.11 bits per heavy atom. The van der Waals surface area contributed by atoms with E-state index in [1.165, 1.54) is 6.26 Å². The van der Waals surface area contributed by atoms with E-state index in [9.17, 15) is 9.59 Å². The van der Waals surface area contributed by atoms with Crippen molar-refractivity contribution in [1.82, 2.24) is 30.6 Å². The van der Waals surface area contributed by atoms with Crippen LogP contribution in [0.3, 0.4) is 0 Å². The van der Waals surface area contributed by atoms with Gasteiger partial charge in [-0.2, -0.15) is 5.10 Å². The summed E-state index contributed by atoms with van der Waals surface area (Å²) in [6.45, 7) is 1.80. The van der Waals surface area contributed by atoms with Crippen molar-refractivity contribution in [2.75, 3.05) is 0 Å². The normalized spacial score (nSPS) is 11.2. The SMILES string of the molecule is Cc1nn(C)c2nc(-c3ccco3)cc(C(=O)NNC(=O)c3cc(-c4ccco4)nc4ccccc34)c12. The summed E-state index contributed by atoms with van der Waals surface area (Å²) in [5, 5.41) is 5.63. The lowest BCUT2D eigenvalue weighted by molar-refractivity contribution is 0.0848. The minimum Gasteiger partial charge on any atom is -0.463 e. The van der Waals surface area contributed by atoms with Crippen molar-refractivity contribution < 1.29 is 18.4 Å². The number of benzene rings is 1. The molecule has 6 rings (SSSR count). The second-order valence-corrected chi connectivity index (χ2v) is 8.40. The number of amides is 2. The zero-order valence-corrected chi connectivity index (χ0v) is 19.9. The number of rotatable bonds is 4. The van der Waals surface area contributed by atoms with Gasteiger partial charge in [0.2, 0.25) is 0 Å². The first-order chi connectivity index (χ1) is 18.0. The number of nitrogens with zero attached hydrogens (tertiary/aromatic N) is 4. The molecule has 0 saturated carbocycles. The molecule has 0 aliphatic carbocycles. The molecule has 5 aromatic heterocycles. The lowest BCUT2D eigenvalue weighted by Gasteiger charge is -2.12. The Hall–Kier alpha value is -5.25. The van der Waals surface area contributed by atoms with Crippen LogP contribution in [-0.2, 0) is 7.05 Å². The number of hydrogen-bond acceptors (Lipinski definition) is 7. The molecule has 0 spiro atoms. The van der Waals surface area contributed by atoms with Gasteiger partial charge in [-0.25, -0.2) is 9.97 Å². The van der Waals surface area contributed by atoms with Gasteiger partial charge in [-0.1, -0.05) is 18.2 Å². The smallest absolute Gasteiger partial charge is 0.270 e. The maximum Gasteiger partial charge on any atom is 0.270 e. The highest BCUT2D eigenvalue weighted by Gasteiger charge is 2.21. The molecule has 2 N–H and O–H groups in total. The summed E-state index contributed by atoms with van der Waals surface area (Å²) in [6, 6.07) is 17.5. The summed E-state index contributed by atoms with van der Waals surface area (Å²) in [7, 11) is 1.75. The zero-order chi connectivity index (χ0) is 25.5. The van der Waals surface area contributed by atoms with Crippen LogP contribution in [0.15, 0.2) is 82.0 Å². The fraction of sp³-hybridized carbons (Fsp3) is 0.0741. The second-order valence-electron chi connectivity index (χ2n) is 8.40. The van der Waals surface area contributed by atoms with Gasteiger partial charge in [0.25, 0.3) is 11.8 Å². The number of pyridine rings is 2. The molecule has 10 heteroatoms. The van der Waals surface area contributed by atoms with Gasteiger partial charge in [0.1, 0.15) is 11.4 Å². The van der Waals surface area contributed by atoms with Gasteiger partial charge < -0.3 is 8.83 Å². The van der Waals surface area contributed by atoms with Gasteiger partial charge >= 0.3 is 0 Å². The molecule has 0 unspecified atom stereocenters. The van der Waals surface area contributed by atoms with Crippen LogP contribution in [0.2, 0.25) is 0 Å². The monoisotopic (exact) mass is 492 g/mol. The highest BCUT2D eigenvalue weighted by Crippen LogP contribution is 2.28. The quantitative estimate of drug-likeness (QED) is 0.349. The number of para-hydroxylation sites is 1. The molecule has 0 aliphatic heterocycles. The van der Waals surface area contributed by atoms with E-state index in [2.05, 4.69) is 25.9 Å². The fourth-order valence-electron chi connectivity index (χ4n) is 4.34. The minimum absolute atomic E-state index is 0.304. The number of carbonyl (C=O) groups is 2. The van der Waals surface area contributed by atoms with E-state index in [0.717, 1.165) is 0 Å². The van der Waals surface area contributed by atoms with Crippen molar-refractivity contribution >= 4 is 33.8 Å². The molecule has 0 radical (unpaired) electrons. The first-order valence-electron chi connectivity index (χ1n) is 11.4. The number of hydrogen-bond donors (Lipinski definition) is 2. The van der Waals surface area contributed by atoms with Gasteiger partial charge in [0.15, 0.2) is 17.2 Å². The third-order valence-corrected chi connectivity index (χ3v) is 6.01. The third kappa shape index (κ3) is 3.90. The summed E-state index contributed by atoms with van der Waals surface area (Å²) in [4.78, 5) is 35.8. The summed E-state index contributed by atoms with van der Waals surface area (Å²) in [5.41, 5.74) is 8.48. The number of nitrogens with one attached hydrogen (secondary N) is 2. The van der Waals surface area contributed by atoms with Gasteiger partial charge in [-0.15, -0.1) is 0 Å². The molecule has 37 heavy (non-hydrogen) atoms. The largest absolute Gasteiger partial charge is 0.463 e. The molecule has 0 fully saturated rings. The molecule has 1 aromatic carbocycles. The first kappa shape index (κ1) is 22.2. The number of carbonyl (C=O) groups excluding carboxylic acids is 2. The van der Waals surface area contributed by atoms with E-state index in [-0.39, 0.29) is 0 Å². The van der Waals surface area contributed by atoms with E-state index >= 15 is 0 Å². The molecule has 182 valence electrons. The molecule has 2 amide bonds. The minimum atomic E-state index is -0.519. The van der Waals surface area contributed by atoms with Crippen LogP contribution in [-0.4, -0.2) is 31.6 Å². The Morgan fingerprint density at radius 2 is 1.43 bits per heavy atom. The van der Waals surface area contributed by atoms with Crippen molar-refractivity contribution in [2.45, 2.75) is 6.92 Å². The fourth-order valence-corrected chi connectivity index (χ4v) is 4.34. The van der Waals surface area contributed by atoms with E-state index in [1.807, 2.05) is 18.2 Å². The molecular formula is C27H20N6O4. The standard InChI is InChI=1S/C27H20N6O4/c1-15-24-18(14-21(23-10-6-12-37-23)29-25(24)33(2)32-15)27(35)31-30-26(34)17-13-20(22-9-5-11-36-22)28-19-8-4-3-7-16(17)19/h3-14H,1-2H3,(H,30,34)(H,31,35). The topological polar surface area (TPSA) is 128 Å². The maximum absolute atomic E-state index is 13.3. The molecule has 0 saturated heterocycles. The summed E-state index contributed by atoms with van der Waals surface area (Å²) < 4.78 is 12.6. The van der Waals surface area contributed by atoms with Gasteiger partial charge in [-0.05, 0) is 49.4 Å². The van der Waals surface area contributed by atoms with Crippen LogP contribution in [0.1, 0.15) is 26.4 Å². The number of aromatic nitrogens is 4. The van der Waals surface area contributed by atoms with E-state index in [4.69, 9.17) is 8.83 Å². The van der Waals surface area contributed by atoms with Crippen molar-refractivity contribution in [1.29, 1.82) is 0 Å². The average Bonchev–Trinajstić information content (AvgIpc) is 3.69. The van der Waals surface area contributed by atoms with E-state index in [0.29, 0.717) is 61.7 Å². The van der Waals surface area contributed by atoms with E-state index in [1.54, 1.807) is 67.4 Å². The second kappa shape index (κ2) is 8.76. The number of fused-ring (bicyclic) bond motifs is 2. The Morgan fingerprint density at radius 1 is 0.811 bits per heavy atom. The van der Waals surface area contributed by atoms with Crippen LogP contribution in [0, 0.1) is 6.92 Å². The number of hydrazine groups is 1. The van der Waals surface area contributed by atoms with Crippen LogP contribution < -0.4 is 10.9 Å². The highest BCUT2D eigenvalue weighted by atomic mass is 16.3. The summed E-state index contributed by atoms with van der Waals surface area (Å²) >= 11 is 0. The van der Waals surface area contributed by atoms with Crippen molar-refractivity contribution in [2.24, 2.45) is 7.05 Å². The summed E-state index contributed by atoms with van der Waals surface area (Å²) in [6.07, 6.45) is 3.07. The first-order valence-corrected chi connectivity index (χ1v) is 11.4. The molecule has 0 bridgehead atoms. The Kier molecular flexibility index (Phi) is 5.26. The van der Waals surface area contributed by atoms with Crippen molar-refractivity contribution in [3.05, 3.63) is 90.0 Å². The van der Waals surface area contributed by atoms with Crippen LogP contribution in [0.4, 0.5) is 0 Å². The predicted octanol–water partition coefficient (Wildman–Crippen LogP) is 4.42. The van der Waals surface area contributed by atoms with Crippen LogP contribution in [0.25, 0.3) is 44.8 Å². The Bertz CT molecular complexity index is 1790. The molecule has 10 nitrogen and oxygen atoms in total. The van der Waals surface area contributed by atoms with Crippen LogP contribution in [0.5, 0.6) is 0 Å². The van der Waals surface area contributed by atoms with E-state index < -0.39 is 11.8 Å². The molecular weight excluding hydrogens is 472 g/mol. The number of furan rings is 2. The Labute approximate surface area is 209 Å². The average molecular weight is 492 g/mol. The van der Waals surface area contributed by atoms with Gasteiger partial charge in [-0.3, -0.25) is 25.1 Å². The molecule has 6 aromatic rings. The molecule has 0 atom stereocenters. The van der Waals surface area contributed by atoms with Gasteiger partial charge in [0, 0.05) is 12.4 Å². The zero-order valence-electron chi connectivity index (χ0n) is 19.9. The maximum atomic E-state index is 13.3. The molecule has 5 heterocycles. The van der Waals surface area contributed by atoms with Crippen molar-refractivity contribution in [3.63, 3.8) is 0 Å². The highest BCUT2D eigenvalue weighted by molar-refractivity contribution is 6.10. The number of aryl methyl sites for hydroxylation is 2. The van der Waals surface area contributed by atoms with Crippen LogP contribution >= 0.6 is 0 Å². The Balaban J connectivity index is 1.34.